The van der Waals surface area contributed by atoms with Gasteiger partial charge in [-0.1, -0.05) is 13.8 Å². The second-order valence-electron chi connectivity index (χ2n) is 5.29. The molecule has 0 aromatic carbocycles. The number of nitrogens with zero attached hydrogens (tertiary/aromatic N) is 1. The first-order chi connectivity index (χ1) is 8.13. The number of hydrogen-bond donors (Lipinski definition) is 2. The Hall–Kier alpha value is -0.610. The van der Waals surface area contributed by atoms with Crippen molar-refractivity contribution in [2.75, 3.05) is 26.2 Å². The highest BCUT2D eigenvalue weighted by molar-refractivity contribution is 5.76. The monoisotopic (exact) mass is 242 g/mol. The number of carbonyl (C=O) groups is 1. The van der Waals surface area contributed by atoms with Crippen LogP contribution in [-0.4, -0.2) is 48.2 Å². The van der Waals surface area contributed by atoms with Gasteiger partial charge in [-0.05, 0) is 31.7 Å². The van der Waals surface area contributed by atoms with E-state index in [1.54, 1.807) is 0 Å². The van der Waals surface area contributed by atoms with E-state index < -0.39 is 0 Å². The minimum atomic E-state index is 0.0557. The maximum atomic E-state index is 12.0. The van der Waals surface area contributed by atoms with Crippen molar-refractivity contribution >= 4 is 5.91 Å². The standard InChI is InChI=1S/C13H26N2O2/c1-11(2)5-6-13(17)15(8-9-16)10-12-4-3-7-14-12/h11-12,14,16H,3-10H2,1-2H3. The molecule has 0 bridgehead atoms. The molecular formula is C13H26N2O2. The van der Waals surface area contributed by atoms with Gasteiger partial charge in [0.05, 0.1) is 6.61 Å². The van der Waals surface area contributed by atoms with E-state index in [0.29, 0.717) is 24.9 Å². The highest BCUT2D eigenvalue weighted by atomic mass is 16.3. The lowest BCUT2D eigenvalue weighted by molar-refractivity contribution is -0.132. The van der Waals surface area contributed by atoms with Crippen molar-refractivity contribution in [1.82, 2.24) is 10.2 Å². The van der Waals surface area contributed by atoms with E-state index in [4.69, 9.17) is 5.11 Å². The van der Waals surface area contributed by atoms with Gasteiger partial charge < -0.3 is 15.3 Å². The van der Waals surface area contributed by atoms with Gasteiger partial charge in [-0.2, -0.15) is 0 Å². The topological polar surface area (TPSA) is 52.6 Å². The molecule has 1 saturated heterocycles. The third-order valence-corrected chi connectivity index (χ3v) is 3.26. The molecule has 4 heteroatoms. The molecule has 4 nitrogen and oxygen atoms in total. The quantitative estimate of drug-likeness (QED) is 0.700. The Morgan fingerprint density at radius 3 is 2.82 bits per heavy atom. The Morgan fingerprint density at radius 1 is 1.53 bits per heavy atom. The Kier molecular flexibility index (Phi) is 6.52. The number of rotatable bonds is 7. The van der Waals surface area contributed by atoms with Crippen LogP contribution < -0.4 is 5.32 Å². The largest absolute Gasteiger partial charge is 0.395 e. The van der Waals surface area contributed by atoms with Crippen LogP contribution in [0.25, 0.3) is 0 Å². The normalized spacial score (nSPS) is 19.9. The van der Waals surface area contributed by atoms with Crippen molar-refractivity contribution in [3.8, 4) is 0 Å². The van der Waals surface area contributed by atoms with Crippen LogP contribution in [0.5, 0.6) is 0 Å². The highest BCUT2D eigenvalue weighted by Crippen LogP contribution is 2.10. The molecule has 17 heavy (non-hydrogen) atoms. The van der Waals surface area contributed by atoms with E-state index in [9.17, 15) is 4.79 Å². The number of aliphatic hydroxyl groups is 1. The van der Waals surface area contributed by atoms with Crippen molar-refractivity contribution in [1.29, 1.82) is 0 Å². The summed E-state index contributed by atoms with van der Waals surface area (Å²) in [5.41, 5.74) is 0. The molecule has 0 radical (unpaired) electrons. The predicted octanol–water partition coefficient (Wildman–Crippen LogP) is 0.996. The maximum absolute atomic E-state index is 12.0. The summed E-state index contributed by atoms with van der Waals surface area (Å²) in [6.45, 7) is 6.58. The van der Waals surface area contributed by atoms with Gasteiger partial charge in [0, 0.05) is 25.6 Å². The Bertz CT molecular complexity index is 225. The molecule has 1 aliphatic rings. The van der Waals surface area contributed by atoms with Gasteiger partial charge in [0.1, 0.15) is 0 Å². The summed E-state index contributed by atoms with van der Waals surface area (Å²) in [4.78, 5) is 13.8. The van der Waals surface area contributed by atoms with E-state index in [1.165, 1.54) is 6.42 Å². The molecule has 1 unspecified atom stereocenters. The predicted molar refractivity (Wildman–Crippen MR) is 68.8 cm³/mol. The van der Waals surface area contributed by atoms with Crippen LogP contribution in [0.15, 0.2) is 0 Å². The van der Waals surface area contributed by atoms with Crippen LogP contribution in [0.3, 0.4) is 0 Å². The maximum Gasteiger partial charge on any atom is 0.222 e. The molecule has 0 aromatic rings. The zero-order chi connectivity index (χ0) is 12.7. The van der Waals surface area contributed by atoms with E-state index in [-0.39, 0.29) is 12.5 Å². The van der Waals surface area contributed by atoms with Crippen molar-refractivity contribution in [2.45, 2.75) is 45.6 Å². The summed E-state index contributed by atoms with van der Waals surface area (Å²) in [5.74, 6) is 0.737. The molecule has 0 saturated carbocycles. The van der Waals surface area contributed by atoms with Crippen LogP contribution in [0.4, 0.5) is 0 Å². The van der Waals surface area contributed by atoms with Crippen molar-refractivity contribution in [3.63, 3.8) is 0 Å². The van der Waals surface area contributed by atoms with E-state index in [1.807, 2.05) is 4.90 Å². The Labute approximate surface area is 104 Å². The fraction of sp³-hybridized carbons (Fsp3) is 0.923. The molecule has 1 amide bonds. The third-order valence-electron chi connectivity index (χ3n) is 3.26. The summed E-state index contributed by atoms with van der Waals surface area (Å²) in [6.07, 6.45) is 3.86. The first-order valence-electron chi connectivity index (χ1n) is 6.75. The summed E-state index contributed by atoms with van der Waals surface area (Å²) >= 11 is 0. The summed E-state index contributed by atoms with van der Waals surface area (Å²) < 4.78 is 0. The molecule has 0 spiro atoms. The molecule has 1 fully saturated rings. The van der Waals surface area contributed by atoms with Gasteiger partial charge in [-0.25, -0.2) is 0 Å². The summed E-state index contributed by atoms with van der Waals surface area (Å²) in [7, 11) is 0. The zero-order valence-corrected chi connectivity index (χ0v) is 11.1. The lowest BCUT2D eigenvalue weighted by Crippen LogP contribution is -2.42. The Balaban J connectivity index is 2.37. The van der Waals surface area contributed by atoms with Crippen LogP contribution in [0.2, 0.25) is 0 Å². The minimum absolute atomic E-state index is 0.0557. The lowest BCUT2D eigenvalue weighted by Gasteiger charge is -2.25. The molecule has 0 aliphatic carbocycles. The molecule has 1 atom stereocenters. The molecule has 2 N–H and O–H groups in total. The fourth-order valence-electron chi connectivity index (χ4n) is 2.19. The Morgan fingerprint density at radius 2 is 2.29 bits per heavy atom. The molecule has 1 rings (SSSR count). The van der Waals surface area contributed by atoms with Gasteiger partial charge in [0.2, 0.25) is 5.91 Å². The van der Waals surface area contributed by atoms with Crippen molar-refractivity contribution in [2.24, 2.45) is 5.92 Å². The third kappa shape index (κ3) is 5.50. The molecule has 1 aliphatic heterocycles. The number of nitrogens with one attached hydrogen (secondary N) is 1. The average molecular weight is 242 g/mol. The van der Waals surface area contributed by atoms with Gasteiger partial charge in [-0.15, -0.1) is 0 Å². The fourth-order valence-corrected chi connectivity index (χ4v) is 2.19. The SMILES string of the molecule is CC(C)CCC(=O)N(CCO)CC1CCCN1. The first-order valence-corrected chi connectivity index (χ1v) is 6.75. The smallest absolute Gasteiger partial charge is 0.222 e. The van der Waals surface area contributed by atoms with Gasteiger partial charge >= 0.3 is 0 Å². The summed E-state index contributed by atoms with van der Waals surface area (Å²) in [5, 5.41) is 12.4. The van der Waals surface area contributed by atoms with E-state index in [0.717, 1.165) is 25.9 Å². The molecule has 100 valence electrons. The number of aliphatic hydroxyl groups excluding tert-OH is 1. The van der Waals surface area contributed by atoms with Crippen LogP contribution >= 0.6 is 0 Å². The number of amides is 1. The van der Waals surface area contributed by atoms with Crippen LogP contribution in [0, 0.1) is 5.92 Å². The van der Waals surface area contributed by atoms with Gasteiger partial charge in [0.25, 0.3) is 0 Å². The number of hydrogen-bond acceptors (Lipinski definition) is 3. The minimum Gasteiger partial charge on any atom is -0.395 e. The average Bonchev–Trinajstić information content (AvgIpc) is 2.78. The summed E-state index contributed by atoms with van der Waals surface area (Å²) in [6, 6.07) is 0.421. The second kappa shape index (κ2) is 7.67. The second-order valence-corrected chi connectivity index (χ2v) is 5.29. The van der Waals surface area contributed by atoms with Gasteiger partial charge in [0.15, 0.2) is 0 Å². The van der Waals surface area contributed by atoms with Gasteiger partial charge in [-0.3, -0.25) is 4.79 Å². The molecule has 1 heterocycles. The zero-order valence-electron chi connectivity index (χ0n) is 11.1. The molecule has 0 aromatic heterocycles. The van der Waals surface area contributed by atoms with Crippen LogP contribution in [-0.2, 0) is 4.79 Å². The van der Waals surface area contributed by atoms with Crippen LogP contribution in [0.1, 0.15) is 39.5 Å². The van der Waals surface area contributed by atoms with E-state index >= 15 is 0 Å². The first kappa shape index (κ1) is 14.5. The number of carbonyl (C=O) groups excluding carboxylic acids is 1. The molecular weight excluding hydrogens is 216 g/mol. The lowest BCUT2D eigenvalue weighted by atomic mass is 10.1. The highest BCUT2D eigenvalue weighted by Gasteiger charge is 2.20. The van der Waals surface area contributed by atoms with Crippen molar-refractivity contribution in [3.05, 3.63) is 0 Å². The van der Waals surface area contributed by atoms with E-state index in [2.05, 4.69) is 19.2 Å². The van der Waals surface area contributed by atoms with Crippen molar-refractivity contribution < 1.29 is 9.90 Å².